The van der Waals surface area contributed by atoms with Crippen molar-refractivity contribution in [2.45, 2.75) is 0 Å². The summed E-state index contributed by atoms with van der Waals surface area (Å²) in [6.07, 6.45) is 0. The van der Waals surface area contributed by atoms with Crippen molar-refractivity contribution in [1.82, 2.24) is 4.98 Å². The Hall–Kier alpha value is -9.76. The maximum absolute atomic E-state index is 10.4. The van der Waals surface area contributed by atoms with E-state index in [1.807, 2.05) is 0 Å². The summed E-state index contributed by atoms with van der Waals surface area (Å²) in [6, 6.07) is 29.3. The van der Waals surface area contributed by atoms with E-state index in [-0.39, 0.29) is 106 Å². The molecule has 0 N–H and O–H groups in total. The van der Waals surface area contributed by atoms with Crippen molar-refractivity contribution in [2.75, 3.05) is 0 Å². The van der Waals surface area contributed by atoms with Crippen molar-refractivity contribution in [2.24, 2.45) is 30.0 Å². The number of fused-ring (bicyclic) bond motifs is 3. The number of hydrogen-bond acceptors (Lipinski definition) is 16. The average Bonchev–Trinajstić information content (AvgIpc) is 3.95. The van der Waals surface area contributed by atoms with Gasteiger partial charge in [-0.1, -0.05) is 6.07 Å². The van der Waals surface area contributed by atoms with E-state index < -0.39 is 0 Å². The Morgan fingerprint density at radius 1 is 0.389 bits per heavy atom. The van der Waals surface area contributed by atoms with Crippen LogP contribution in [0.4, 0.5) is 0 Å². The summed E-state index contributed by atoms with van der Waals surface area (Å²) in [6.45, 7) is 0. The van der Waals surface area contributed by atoms with E-state index in [9.17, 15) is 47.4 Å². The lowest BCUT2D eigenvalue weighted by atomic mass is 9.94. The van der Waals surface area contributed by atoms with E-state index in [1.165, 1.54) is 0 Å². The Kier molecular flexibility index (Phi) is 7.85. The first-order valence-corrected chi connectivity index (χ1v) is 15.0. The highest BCUT2D eigenvalue weighted by molar-refractivity contribution is 5.82. The number of nitriles is 9. The summed E-state index contributed by atoms with van der Waals surface area (Å²) in [4.78, 5) is 30.5. The quantitative estimate of drug-likeness (QED) is 0.277. The smallest absolute Gasteiger partial charge is 0.182 e. The molecule has 16 heteroatoms. The van der Waals surface area contributed by atoms with E-state index in [0.29, 0.717) is 11.1 Å². The van der Waals surface area contributed by atoms with Gasteiger partial charge in [0.1, 0.15) is 70.7 Å². The number of nitrogens with zero attached hydrogens (tertiary/aromatic N) is 16. The van der Waals surface area contributed by atoms with Crippen LogP contribution >= 0.6 is 0 Å². The molecule has 4 aromatic rings. The van der Waals surface area contributed by atoms with Gasteiger partial charge in [0, 0.05) is 16.7 Å². The van der Waals surface area contributed by atoms with Crippen LogP contribution in [0.3, 0.4) is 0 Å². The van der Waals surface area contributed by atoms with Gasteiger partial charge in [-0.25, -0.2) is 34.9 Å². The number of rotatable bonds is 3. The molecule has 0 fully saturated rings. The van der Waals surface area contributed by atoms with Gasteiger partial charge in [0.15, 0.2) is 34.2 Å². The summed E-state index contributed by atoms with van der Waals surface area (Å²) in [5.74, 6) is -0.459. The molecule has 0 saturated heterocycles. The minimum absolute atomic E-state index is 0.00855. The first-order valence-electron chi connectivity index (χ1n) is 15.0. The summed E-state index contributed by atoms with van der Waals surface area (Å²) in [5.41, 5.74) is 0.587. The van der Waals surface area contributed by atoms with Crippen LogP contribution < -0.4 is 32.1 Å². The van der Waals surface area contributed by atoms with Crippen molar-refractivity contribution < 1.29 is 0 Å². The van der Waals surface area contributed by atoms with Crippen molar-refractivity contribution in [1.29, 1.82) is 47.4 Å². The second kappa shape index (κ2) is 12.9. The lowest BCUT2D eigenvalue weighted by molar-refractivity contribution is 1.19. The molecule has 0 unspecified atom stereocenters. The topological polar surface area (TPSA) is 301 Å². The molecule has 0 amide bonds. The van der Waals surface area contributed by atoms with Crippen LogP contribution in [-0.2, 0) is 0 Å². The van der Waals surface area contributed by atoms with Gasteiger partial charge in [0.2, 0.25) is 0 Å². The van der Waals surface area contributed by atoms with Crippen LogP contribution in [-0.4, -0.2) is 4.98 Å². The average molecular weight is 689 g/mol. The number of aromatic nitrogens is 1. The standard InChI is InChI=1S/C38H8N16/c39-9-19(10-40)36-49-28-4-1-22(25(15-45)33(28)52-36)18-7-31(23-2-5-29-34(26(23)16-46)53-37(50-29)20(11-41)12-42)48-32(8-18)24-3-6-30-35(27(24)17-47)54-38(51-30)21(13-43)14-44/h1-8H. The van der Waals surface area contributed by atoms with Crippen molar-refractivity contribution in [3.05, 3.63) is 132 Å². The molecular weight excluding hydrogens is 681 g/mol. The molecule has 0 bridgehead atoms. The molecule has 0 saturated carbocycles. The van der Waals surface area contributed by atoms with Crippen LogP contribution in [0.2, 0.25) is 0 Å². The van der Waals surface area contributed by atoms with E-state index in [1.54, 1.807) is 84.9 Å². The van der Waals surface area contributed by atoms with Crippen molar-refractivity contribution >= 4 is 0 Å². The van der Waals surface area contributed by atoms with Gasteiger partial charge in [0.05, 0.1) is 44.1 Å². The van der Waals surface area contributed by atoms with Crippen LogP contribution in [0.25, 0.3) is 33.6 Å². The molecule has 3 aliphatic rings. The number of benzene rings is 3. The molecule has 0 aliphatic carbocycles. The molecule has 240 valence electrons. The number of hydrogen-bond donors (Lipinski definition) is 0. The molecule has 0 spiro atoms. The summed E-state index contributed by atoms with van der Waals surface area (Å²) < 4.78 is 0. The van der Waals surface area contributed by atoms with Gasteiger partial charge >= 0.3 is 0 Å². The predicted octanol–water partition coefficient (Wildman–Crippen LogP) is 1.23. The van der Waals surface area contributed by atoms with Gasteiger partial charge in [-0.3, -0.25) is 0 Å². The molecule has 16 nitrogen and oxygen atoms in total. The minimum Gasteiger partial charge on any atom is -0.248 e. The fourth-order valence-electron chi connectivity index (χ4n) is 5.77. The second-order valence-corrected chi connectivity index (χ2v) is 11.0. The Bertz CT molecular complexity index is 3000. The second-order valence-electron chi connectivity index (χ2n) is 11.0. The van der Waals surface area contributed by atoms with Gasteiger partial charge in [0.25, 0.3) is 0 Å². The Morgan fingerprint density at radius 3 is 1.02 bits per heavy atom. The normalized spacial score (nSPS) is 11.9. The summed E-state index contributed by atoms with van der Waals surface area (Å²) >= 11 is 0. The zero-order valence-electron chi connectivity index (χ0n) is 26.8. The number of pyridine rings is 1. The Labute approximate surface area is 301 Å². The van der Waals surface area contributed by atoms with Crippen molar-refractivity contribution in [3.8, 4) is 88.3 Å². The SMILES string of the molecule is N#CC(C#N)=C1N=c2ccc(-c3cc(-c4ccc5c(c4C#N)=NC(=C(C#N)C#N)N=5)nc(-c4ccc5c(c4C#N)=NC(=C(C#N)C#N)N=5)c3)c(C#N)c2=N1. The largest absolute Gasteiger partial charge is 0.248 e. The predicted molar refractivity (Wildman–Crippen MR) is 176 cm³/mol. The maximum Gasteiger partial charge on any atom is 0.182 e. The van der Waals surface area contributed by atoms with E-state index in [0.717, 1.165) is 0 Å². The van der Waals surface area contributed by atoms with Crippen LogP contribution in [0, 0.1) is 102 Å². The lowest BCUT2D eigenvalue weighted by Crippen LogP contribution is -2.26. The molecule has 3 aromatic carbocycles. The minimum atomic E-state index is -0.348. The van der Waals surface area contributed by atoms with Gasteiger partial charge in [-0.2, -0.15) is 47.4 Å². The molecule has 1 aromatic heterocycles. The van der Waals surface area contributed by atoms with Crippen LogP contribution in [0.5, 0.6) is 0 Å². The van der Waals surface area contributed by atoms with E-state index in [4.69, 9.17) is 4.98 Å². The first kappa shape index (κ1) is 32.8. The molecule has 0 atom stereocenters. The highest BCUT2D eigenvalue weighted by atomic mass is 15.0. The third-order valence-electron chi connectivity index (χ3n) is 8.17. The Morgan fingerprint density at radius 2 is 0.704 bits per heavy atom. The highest BCUT2D eigenvalue weighted by Crippen LogP contribution is 2.32. The van der Waals surface area contributed by atoms with Crippen LogP contribution in [0.1, 0.15) is 16.7 Å². The maximum atomic E-state index is 10.4. The monoisotopic (exact) mass is 688 g/mol. The number of allylic oxidation sites excluding steroid dienone is 3. The summed E-state index contributed by atoms with van der Waals surface area (Å²) in [5, 5.41) is 88.5. The summed E-state index contributed by atoms with van der Waals surface area (Å²) in [7, 11) is 0. The van der Waals surface area contributed by atoms with Gasteiger partial charge in [-0.15, -0.1) is 0 Å². The lowest BCUT2D eigenvalue weighted by Gasteiger charge is -2.12. The van der Waals surface area contributed by atoms with Gasteiger partial charge in [-0.05, 0) is 48.0 Å². The molecule has 54 heavy (non-hydrogen) atoms. The van der Waals surface area contributed by atoms with Crippen molar-refractivity contribution in [3.63, 3.8) is 0 Å². The van der Waals surface area contributed by atoms with Gasteiger partial charge < -0.3 is 0 Å². The highest BCUT2D eigenvalue weighted by Gasteiger charge is 2.22. The fraction of sp³-hybridized carbons (Fsp3) is 0. The fourth-order valence-corrected chi connectivity index (χ4v) is 5.77. The molecule has 0 radical (unpaired) electrons. The first-order chi connectivity index (χ1) is 26.3. The zero-order valence-corrected chi connectivity index (χ0v) is 26.8. The molecule has 3 aliphatic heterocycles. The molecular formula is C38H8N16. The van der Waals surface area contributed by atoms with E-state index in [2.05, 4.69) is 48.2 Å². The Balaban J connectivity index is 1.56. The third kappa shape index (κ3) is 5.05. The third-order valence-corrected chi connectivity index (χ3v) is 8.17. The molecule has 4 heterocycles. The zero-order chi connectivity index (χ0) is 38.1. The van der Waals surface area contributed by atoms with E-state index >= 15 is 0 Å². The van der Waals surface area contributed by atoms with Crippen LogP contribution in [0.15, 0.2) is 113 Å². The molecule has 7 rings (SSSR count).